The summed E-state index contributed by atoms with van der Waals surface area (Å²) in [6, 6.07) is 18.7. The first-order valence-electron chi connectivity index (χ1n) is 8.16. The van der Waals surface area contributed by atoms with E-state index in [0.717, 1.165) is 25.0 Å². The number of benzene rings is 2. The average Bonchev–Trinajstić information content (AvgIpc) is 3.14. The molecule has 0 radical (unpaired) electrons. The Morgan fingerprint density at radius 2 is 1.74 bits per heavy atom. The van der Waals surface area contributed by atoms with Gasteiger partial charge in [-0.2, -0.15) is 0 Å². The van der Waals surface area contributed by atoms with Gasteiger partial charge in [-0.05, 0) is 29.7 Å². The molecule has 118 valence electrons. The molecule has 1 atom stereocenters. The van der Waals surface area contributed by atoms with E-state index in [1.54, 1.807) is 6.20 Å². The molecule has 23 heavy (non-hydrogen) atoms. The molecule has 1 heterocycles. The molecule has 0 N–H and O–H groups in total. The maximum Gasteiger partial charge on any atom is 0.176 e. The van der Waals surface area contributed by atoms with Crippen molar-refractivity contribution in [2.45, 2.75) is 32.4 Å². The van der Waals surface area contributed by atoms with Crippen LogP contribution in [0.3, 0.4) is 0 Å². The first kappa shape index (κ1) is 15.3. The average molecular weight is 306 g/mol. The van der Waals surface area contributed by atoms with E-state index in [0.29, 0.717) is 0 Å². The summed E-state index contributed by atoms with van der Waals surface area (Å²) in [7, 11) is 0. The first-order valence-corrected chi connectivity index (χ1v) is 8.16. The fraction of sp³-hybridized carbons (Fsp3) is 0.250. The van der Waals surface area contributed by atoms with Crippen molar-refractivity contribution in [2.75, 3.05) is 0 Å². The van der Waals surface area contributed by atoms with Gasteiger partial charge >= 0.3 is 0 Å². The van der Waals surface area contributed by atoms with E-state index in [-0.39, 0.29) is 6.23 Å². The third-order valence-corrected chi connectivity index (χ3v) is 3.90. The summed E-state index contributed by atoms with van der Waals surface area (Å²) >= 11 is 0. The second-order valence-corrected chi connectivity index (χ2v) is 5.62. The van der Waals surface area contributed by atoms with Gasteiger partial charge in [0.15, 0.2) is 6.23 Å². The van der Waals surface area contributed by atoms with Crippen LogP contribution in [-0.2, 0) is 0 Å². The molecule has 0 aliphatic rings. The van der Waals surface area contributed by atoms with Crippen molar-refractivity contribution in [3.63, 3.8) is 0 Å². The van der Waals surface area contributed by atoms with Crippen molar-refractivity contribution in [3.05, 3.63) is 73.3 Å². The second-order valence-electron chi connectivity index (χ2n) is 5.62. The number of hydrogen-bond acceptors (Lipinski definition) is 2. The summed E-state index contributed by atoms with van der Waals surface area (Å²) in [6.07, 6.45) is 8.83. The Hall–Kier alpha value is -2.55. The molecule has 0 saturated carbocycles. The van der Waals surface area contributed by atoms with Crippen molar-refractivity contribution in [1.82, 2.24) is 9.55 Å². The van der Waals surface area contributed by atoms with Gasteiger partial charge < -0.3 is 9.30 Å². The van der Waals surface area contributed by atoms with Crippen LogP contribution in [-0.4, -0.2) is 9.55 Å². The fourth-order valence-corrected chi connectivity index (χ4v) is 2.60. The van der Waals surface area contributed by atoms with Crippen LogP contribution in [0, 0.1) is 0 Å². The molecule has 1 unspecified atom stereocenters. The standard InChI is InChI=1S/C20H22N2O/c1-2-3-9-20(22-15-14-21-16-22)23-19-12-10-18(11-13-19)17-7-5-4-6-8-17/h4-8,10-16,20H,2-3,9H2,1H3. The van der Waals surface area contributed by atoms with E-state index in [1.807, 2.05) is 35.3 Å². The molecular weight excluding hydrogens is 284 g/mol. The van der Waals surface area contributed by atoms with Crippen LogP contribution >= 0.6 is 0 Å². The Morgan fingerprint density at radius 1 is 1.00 bits per heavy atom. The normalized spacial score (nSPS) is 12.0. The highest BCUT2D eigenvalue weighted by Crippen LogP contribution is 2.25. The molecular formula is C20H22N2O. The Balaban J connectivity index is 1.73. The highest BCUT2D eigenvalue weighted by atomic mass is 16.5. The van der Waals surface area contributed by atoms with E-state index >= 15 is 0 Å². The van der Waals surface area contributed by atoms with Gasteiger partial charge in [0.2, 0.25) is 0 Å². The molecule has 2 aromatic carbocycles. The van der Waals surface area contributed by atoms with Gasteiger partial charge in [0.25, 0.3) is 0 Å². The van der Waals surface area contributed by atoms with Crippen LogP contribution < -0.4 is 4.74 Å². The van der Waals surface area contributed by atoms with Crippen LogP contribution in [0.4, 0.5) is 0 Å². The number of rotatable bonds is 7. The summed E-state index contributed by atoms with van der Waals surface area (Å²) in [5, 5.41) is 0. The molecule has 0 spiro atoms. The molecule has 0 aliphatic heterocycles. The Labute approximate surface area is 137 Å². The molecule has 0 bridgehead atoms. The van der Waals surface area contributed by atoms with Crippen molar-refractivity contribution in [2.24, 2.45) is 0 Å². The molecule has 3 rings (SSSR count). The van der Waals surface area contributed by atoms with Gasteiger partial charge in [-0.25, -0.2) is 4.98 Å². The largest absolute Gasteiger partial charge is 0.470 e. The highest BCUT2D eigenvalue weighted by Gasteiger charge is 2.11. The smallest absolute Gasteiger partial charge is 0.176 e. The lowest BCUT2D eigenvalue weighted by Crippen LogP contribution is -2.14. The molecule has 3 heteroatoms. The topological polar surface area (TPSA) is 27.1 Å². The molecule has 0 saturated heterocycles. The van der Waals surface area contributed by atoms with Gasteiger partial charge in [0.1, 0.15) is 5.75 Å². The summed E-state index contributed by atoms with van der Waals surface area (Å²) in [5.74, 6) is 0.888. The third kappa shape index (κ3) is 4.01. The maximum atomic E-state index is 6.17. The number of imidazole rings is 1. The zero-order valence-corrected chi connectivity index (χ0v) is 13.4. The predicted molar refractivity (Wildman–Crippen MR) is 93.3 cm³/mol. The molecule has 0 aliphatic carbocycles. The van der Waals surface area contributed by atoms with E-state index in [1.165, 1.54) is 11.1 Å². The fourth-order valence-electron chi connectivity index (χ4n) is 2.60. The monoisotopic (exact) mass is 306 g/mol. The van der Waals surface area contributed by atoms with E-state index < -0.39 is 0 Å². The van der Waals surface area contributed by atoms with Gasteiger partial charge in [-0.1, -0.05) is 55.8 Å². The van der Waals surface area contributed by atoms with E-state index in [2.05, 4.69) is 48.3 Å². The zero-order chi connectivity index (χ0) is 15.9. The van der Waals surface area contributed by atoms with E-state index in [4.69, 9.17) is 4.74 Å². The number of unbranched alkanes of at least 4 members (excludes halogenated alkanes) is 1. The Morgan fingerprint density at radius 3 is 2.39 bits per heavy atom. The quantitative estimate of drug-likeness (QED) is 0.591. The van der Waals surface area contributed by atoms with Crippen molar-refractivity contribution >= 4 is 0 Å². The lowest BCUT2D eigenvalue weighted by atomic mass is 10.1. The molecule has 0 amide bonds. The van der Waals surface area contributed by atoms with Crippen LogP contribution in [0.5, 0.6) is 5.75 Å². The summed E-state index contributed by atoms with van der Waals surface area (Å²) in [4.78, 5) is 4.13. The lowest BCUT2D eigenvalue weighted by molar-refractivity contribution is 0.119. The number of aromatic nitrogens is 2. The summed E-state index contributed by atoms with van der Waals surface area (Å²) in [6.45, 7) is 2.19. The maximum absolute atomic E-state index is 6.17. The van der Waals surface area contributed by atoms with Gasteiger partial charge in [0.05, 0.1) is 6.33 Å². The minimum atomic E-state index is 0.0000234. The Kier molecular flexibility index (Phi) is 5.09. The van der Waals surface area contributed by atoms with Crippen molar-refractivity contribution in [1.29, 1.82) is 0 Å². The first-order chi connectivity index (χ1) is 11.4. The summed E-state index contributed by atoms with van der Waals surface area (Å²) in [5.41, 5.74) is 2.42. The van der Waals surface area contributed by atoms with E-state index in [9.17, 15) is 0 Å². The third-order valence-electron chi connectivity index (χ3n) is 3.90. The van der Waals surface area contributed by atoms with Crippen molar-refractivity contribution in [3.8, 4) is 16.9 Å². The minimum Gasteiger partial charge on any atom is -0.470 e. The molecule has 3 nitrogen and oxygen atoms in total. The summed E-state index contributed by atoms with van der Waals surface area (Å²) < 4.78 is 8.20. The molecule has 1 aromatic heterocycles. The van der Waals surface area contributed by atoms with Crippen LogP contribution in [0.1, 0.15) is 32.4 Å². The number of ether oxygens (including phenoxy) is 1. The Bertz CT molecular complexity index is 690. The molecule has 0 fully saturated rings. The number of hydrogen-bond donors (Lipinski definition) is 0. The molecule has 3 aromatic rings. The lowest BCUT2D eigenvalue weighted by Gasteiger charge is -2.20. The zero-order valence-electron chi connectivity index (χ0n) is 13.4. The van der Waals surface area contributed by atoms with Gasteiger partial charge in [-0.15, -0.1) is 0 Å². The second kappa shape index (κ2) is 7.63. The van der Waals surface area contributed by atoms with Crippen LogP contribution in [0.15, 0.2) is 73.3 Å². The van der Waals surface area contributed by atoms with Crippen molar-refractivity contribution < 1.29 is 4.74 Å². The van der Waals surface area contributed by atoms with Crippen LogP contribution in [0.2, 0.25) is 0 Å². The SMILES string of the molecule is CCCCC(Oc1ccc(-c2ccccc2)cc1)n1ccnc1. The minimum absolute atomic E-state index is 0.0000234. The number of nitrogens with zero attached hydrogens (tertiary/aromatic N) is 2. The van der Waals surface area contributed by atoms with Crippen LogP contribution in [0.25, 0.3) is 11.1 Å². The predicted octanol–water partition coefficient (Wildman–Crippen LogP) is 5.32. The highest BCUT2D eigenvalue weighted by molar-refractivity contribution is 5.63. The van der Waals surface area contributed by atoms with Gasteiger partial charge in [-0.3, -0.25) is 0 Å². The van der Waals surface area contributed by atoms with Gasteiger partial charge in [0, 0.05) is 18.8 Å².